The lowest BCUT2D eigenvalue weighted by atomic mass is 10.00. The fourth-order valence-electron chi connectivity index (χ4n) is 1.93. The molecule has 0 aliphatic carbocycles. The average Bonchev–Trinajstić information content (AvgIpc) is 2.22. The third kappa shape index (κ3) is 4.81. The molecular formula is C11H19F3N2O2. The van der Waals surface area contributed by atoms with Gasteiger partial charge in [0.15, 0.2) is 0 Å². The number of rotatable bonds is 4. The molecule has 1 N–H and O–H groups in total. The van der Waals surface area contributed by atoms with Crippen LogP contribution in [0.1, 0.15) is 20.3 Å². The zero-order valence-electron chi connectivity index (χ0n) is 10.6. The summed E-state index contributed by atoms with van der Waals surface area (Å²) in [7, 11) is 0. The van der Waals surface area contributed by atoms with Crippen molar-refractivity contribution in [3.05, 3.63) is 0 Å². The molecule has 0 bridgehead atoms. The smallest absolute Gasteiger partial charge is 0.372 e. The molecule has 1 rings (SSSR count). The van der Waals surface area contributed by atoms with Crippen LogP contribution in [0.2, 0.25) is 0 Å². The lowest BCUT2D eigenvalue weighted by Gasteiger charge is -2.42. The summed E-state index contributed by atoms with van der Waals surface area (Å²) in [6.07, 6.45) is -4.35. The van der Waals surface area contributed by atoms with Crippen molar-refractivity contribution in [2.24, 2.45) is 0 Å². The minimum Gasteiger partial charge on any atom is -0.372 e. The van der Waals surface area contributed by atoms with E-state index >= 15 is 0 Å². The van der Waals surface area contributed by atoms with Crippen molar-refractivity contribution in [1.82, 2.24) is 10.2 Å². The fraction of sp³-hybridized carbons (Fsp3) is 0.909. The number of hydrogen-bond acceptors (Lipinski definition) is 3. The Hall–Kier alpha value is -0.820. The van der Waals surface area contributed by atoms with Crippen LogP contribution in [0, 0.1) is 0 Å². The van der Waals surface area contributed by atoms with Gasteiger partial charge in [-0.15, -0.1) is 0 Å². The van der Waals surface area contributed by atoms with Gasteiger partial charge in [0, 0.05) is 25.2 Å². The molecular weight excluding hydrogens is 249 g/mol. The average molecular weight is 268 g/mol. The zero-order valence-corrected chi connectivity index (χ0v) is 10.6. The highest BCUT2D eigenvalue weighted by molar-refractivity contribution is 5.77. The summed E-state index contributed by atoms with van der Waals surface area (Å²) in [5.74, 6) is -0.163. The highest BCUT2D eigenvalue weighted by Gasteiger charge is 2.33. The summed E-state index contributed by atoms with van der Waals surface area (Å²) in [5.41, 5.74) is -0.306. The summed E-state index contributed by atoms with van der Waals surface area (Å²) < 4.78 is 39.9. The van der Waals surface area contributed by atoms with Crippen LogP contribution in [0.15, 0.2) is 0 Å². The first-order valence-electron chi connectivity index (χ1n) is 5.88. The van der Waals surface area contributed by atoms with E-state index in [2.05, 4.69) is 10.1 Å². The maximum atomic E-state index is 11.9. The monoisotopic (exact) mass is 268 g/mol. The summed E-state index contributed by atoms with van der Waals surface area (Å²) in [5, 5.41) is 3.17. The Morgan fingerprint density at radius 2 is 2.11 bits per heavy atom. The SMILES string of the molecule is CC1(C)CNCCN1C(=O)CCOCC(F)(F)F. The Kier molecular flexibility index (Phi) is 4.98. The van der Waals surface area contributed by atoms with Crippen LogP contribution in [-0.4, -0.2) is 55.4 Å². The topological polar surface area (TPSA) is 41.6 Å². The molecule has 1 heterocycles. The van der Waals surface area contributed by atoms with E-state index in [-0.39, 0.29) is 24.5 Å². The Labute approximate surface area is 104 Å². The number of halogens is 3. The van der Waals surface area contributed by atoms with E-state index in [9.17, 15) is 18.0 Å². The predicted molar refractivity (Wildman–Crippen MR) is 60.2 cm³/mol. The number of amides is 1. The molecule has 4 nitrogen and oxygen atoms in total. The fourth-order valence-corrected chi connectivity index (χ4v) is 1.93. The Morgan fingerprint density at radius 3 is 2.67 bits per heavy atom. The van der Waals surface area contributed by atoms with Crippen LogP contribution in [-0.2, 0) is 9.53 Å². The number of piperazine rings is 1. The molecule has 18 heavy (non-hydrogen) atoms. The number of carbonyl (C=O) groups excluding carboxylic acids is 1. The molecule has 0 unspecified atom stereocenters. The first kappa shape index (κ1) is 15.2. The summed E-state index contributed by atoms with van der Waals surface area (Å²) in [6.45, 7) is 4.32. The molecule has 0 spiro atoms. The maximum Gasteiger partial charge on any atom is 0.411 e. The normalized spacial score (nSPS) is 19.9. The van der Waals surface area contributed by atoms with Crippen molar-refractivity contribution in [2.45, 2.75) is 32.0 Å². The third-order valence-corrected chi connectivity index (χ3v) is 2.83. The van der Waals surface area contributed by atoms with Crippen molar-refractivity contribution in [3.63, 3.8) is 0 Å². The van der Waals surface area contributed by atoms with E-state index in [0.29, 0.717) is 19.6 Å². The highest BCUT2D eigenvalue weighted by atomic mass is 19.4. The second-order valence-electron chi connectivity index (χ2n) is 4.95. The van der Waals surface area contributed by atoms with E-state index in [1.54, 1.807) is 4.90 Å². The molecule has 0 aromatic rings. The van der Waals surface area contributed by atoms with Gasteiger partial charge in [0.1, 0.15) is 6.61 Å². The third-order valence-electron chi connectivity index (χ3n) is 2.83. The van der Waals surface area contributed by atoms with Gasteiger partial charge < -0.3 is 15.0 Å². The second kappa shape index (κ2) is 5.88. The van der Waals surface area contributed by atoms with Gasteiger partial charge in [0.2, 0.25) is 5.91 Å². The van der Waals surface area contributed by atoms with E-state index < -0.39 is 12.8 Å². The molecule has 106 valence electrons. The Bertz CT molecular complexity index is 293. The summed E-state index contributed by atoms with van der Waals surface area (Å²) >= 11 is 0. The van der Waals surface area contributed by atoms with Crippen molar-refractivity contribution in [1.29, 1.82) is 0 Å². The van der Waals surface area contributed by atoms with Crippen LogP contribution in [0.25, 0.3) is 0 Å². The first-order chi connectivity index (χ1) is 8.22. The highest BCUT2D eigenvalue weighted by Crippen LogP contribution is 2.18. The lowest BCUT2D eigenvalue weighted by Crippen LogP contribution is -2.59. The van der Waals surface area contributed by atoms with E-state index in [1.165, 1.54) is 0 Å². The molecule has 1 amide bonds. The van der Waals surface area contributed by atoms with Gasteiger partial charge in [-0.3, -0.25) is 4.79 Å². The van der Waals surface area contributed by atoms with Crippen LogP contribution in [0.5, 0.6) is 0 Å². The largest absolute Gasteiger partial charge is 0.411 e. The quantitative estimate of drug-likeness (QED) is 0.778. The standard InChI is InChI=1S/C11H19F3N2O2/c1-10(2)7-15-4-5-16(10)9(17)3-6-18-8-11(12,13)14/h15H,3-8H2,1-2H3. The number of carbonyl (C=O) groups is 1. The molecule has 0 aromatic carbocycles. The summed E-state index contributed by atoms with van der Waals surface area (Å²) in [4.78, 5) is 13.6. The molecule has 0 atom stereocenters. The number of nitrogens with zero attached hydrogens (tertiary/aromatic N) is 1. The second-order valence-corrected chi connectivity index (χ2v) is 4.95. The van der Waals surface area contributed by atoms with Crippen LogP contribution < -0.4 is 5.32 Å². The van der Waals surface area contributed by atoms with Gasteiger partial charge in [0.05, 0.1) is 13.0 Å². The van der Waals surface area contributed by atoms with Gasteiger partial charge in [0.25, 0.3) is 0 Å². The predicted octanol–water partition coefficient (Wildman–Crippen LogP) is 1.17. The zero-order chi connectivity index (χ0) is 13.8. The van der Waals surface area contributed by atoms with Gasteiger partial charge in [-0.1, -0.05) is 0 Å². The minimum absolute atomic E-state index is 0.0144. The van der Waals surface area contributed by atoms with Gasteiger partial charge in [-0.05, 0) is 13.8 Å². The molecule has 1 saturated heterocycles. The molecule has 1 fully saturated rings. The molecule has 0 saturated carbocycles. The lowest BCUT2D eigenvalue weighted by molar-refractivity contribution is -0.175. The minimum atomic E-state index is -4.34. The van der Waals surface area contributed by atoms with Crippen LogP contribution in [0.3, 0.4) is 0 Å². The molecule has 0 aromatic heterocycles. The molecule has 1 aliphatic rings. The number of nitrogens with one attached hydrogen (secondary N) is 1. The van der Waals surface area contributed by atoms with Crippen LogP contribution in [0.4, 0.5) is 13.2 Å². The van der Waals surface area contributed by atoms with Gasteiger partial charge in [-0.2, -0.15) is 13.2 Å². The molecule has 0 radical (unpaired) electrons. The maximum absolute atomic E-state index is 11.9. The van der Waals surface area contributed by atoms with E-state index in [1.807, 2.05) is 13.8 Å². The Balaban J connectivity index is 2.32. The molecule has 7 heteroatoms. The van der Waals surface area contributed by atoms with E-state index in [4.69, 9.17) is 0 Å². The van der Waals surface area contributed by atoms with Crippen molar-refractivity contribution >= 4 is 5.91 Å². The number of hydrogen-bond donors (Lipinski definition) is 1. The number of alkyl halides is 3. The summed E-state index contributed by atoms with van der Waals surface area (Å²) in [6, 6.07) is 0. The van der Waals surface area contributed by atoms with Crippen LogP contribution >= 0.6 is 0 Å². The van der Waals surface area contributed by atoms with Crippen molar-refractivity contribution in [3.8, 4) is 0 Å². The molecule has 1 aliphatic heterocycles. The van der Waals surface area contributed by atoms with Crippen molar-refractivity contribution in [2.75, 3.05) is 32.8 Å². The van der Waals surface area contributed by atoms with Gasteiger partial charge in [-0.25, -0.2) is 0 Å². The van der Waals surface area contributed by atoms with Crippen molar-refractivity contribution < 1.29 is 22.7 Å². The first-order valence-corrected chi connectivity index (χ1v) is 5.88. The number of ether oxygens (including phenoxy) is 1. The van der Waals surface area contributed by atoms with E-state index in [0.717, 1.165) is 0 Å². The Morgan fingerprint density at radius 1 is 1.44 bits per heavy atom. The van der Waals surface area contributed by atoms with Gasteiger partial charge >= 0.3 is 6.18 Å².